The van der Waals surface area contributed by atoms with Crippen molar-refractivity contribution < 1.29 is 13.2 Å². The summed E-state index contributed by atoms with van der Waals surface area (Å²) in [7, 11) is 0. The number of alkyl halides is 3. The lowest BCUT2D eigenvalue weighted by atomic mass is 10.1. The van der Waals surface area contributed by atoms with Gasteiger partial charge in [0.1, 0.15) is 0 Å². The van der Waals surface area contributed by atoms with E-state index in [0.29, 0.717) is 11.5 Å². The van der Waals surface area contributed by atoms with Crippen LogP contribution in [0.4, 0.5) is 19.1 Å². The number of aromatic nitrogens is 2. The van der Waals surface area contributed by atoms with Crippen molar-refractivity contribution in [3.63, 3.8) is 0 Å². The number of para-hydroxylation sites is 2. The van der Waals surface area contributed by atoms with Gasteiger partial charge in [0.25, 0.3) is 0 Å². The molecule has 2 aromatic carbocycles. The molecule has 0 spiro atoms. The second-order valence-electron chi connectivity index (χ2n) is 4.46. The molecule has 6 heteroatoms. The van der Waals surface area contributed by atoms with Crippen LogP contribution in [0.2, 0.25) is 0 Å². The lowest BCUT2D eigenvalue weighted by molar-refractivity contribution is -0.137. The maximum absolute atomic E-state index is 12.4. The minimum absolute atomic E-state index is 0.413. The molecule has 0 radical (unpaired) electrons. The third kappa shape index (κ3) is 2.94. The van der Waals surface area contributed by atoms with Gasteiger partial charge in [0.05, 0.1) is 16.6 Å². The summed E-state index contributed by atoms with van der Waals surface area (Å²) in [5.41, 5.74) is 1.54. The summed E-state index contributed by atoms with van der Waals surface area (Å²) in [6, 6.07) is 12.3. The molecule has 0 unspecified atom stereocenters. The number of fused-ring (bicyclic) bond motifs is 1. The Morgan fingerprint density at radius 1 is 1.00 bits per heavy atom. The molecule has 21 heavy (non-hydrogen) atoms. The molecule has 0 bridgehead atoms. The second-order valence-corrected chi connectivity index (χ2v) is 4.46. The van der Waals surface area contributed by atoms with Gasteiger partial charge in [-0.2, -0.15) is 13.2 Å². The molecule has 1 N–H and O–H groups in total. The zero-order chi connectivity index (χ0) is 14.9. The third-order valence-electron chi connectivity index (χ3n) is 2.95. The molecule has 0 atom stereocenters. The average Bonchev–Trinajstić information content (AvgIpc) is 2.87. The van der Waals surface area contributed by atoms with Gasteiger partial charge in [-0.05, 0) is 29.8 Å². The van der Waals surface area contributed by atoms with E-state index in [0.717, 1.165) is 23.2 Å². The predicted molar refractivity (Wildman–Crippen MR) is 74.8 cm³/mol. The number of aromatic amines is 1. The first-order chi connectivity index (χ1) is 10.0. The van der Waals surface area contributed by atoms with Gasteiger partial charge in [-0.25, -0.2) is 9.98 Å². The fourth-order valence-corrected chi connectivity index (χ4v) is 1.89. The van der Waals surface area contributed by atoms with E-state index in [1.165, 1.54) is 18.3 Å². The van der Waals surface area contributed by atoms with Crippen molar-refractivity contribution in [1.82, 2.24) is 9.97 Å². The third-order valence-corrected chi connectivity index (χ3v) is 2.95. The highest BCUT2D eigenvalue weighted by Crippen LogP contribution is 2.28. The van der Waals surface area contributed by atoms with E-state index in [1.807, 2.05) is 24.3 Å². The van der Waals surface area contributed by atoms with Crippen LogP contribution < -0.4 is 0 Å². The van der Waals surface area contributed by atoms with Crippen molar-refractivity contribution in [2.24, 2.45) is 4.99 Å². The first kappa shape index (κ1) is 13.4. The average molecular weight is 289 g/mol. The molecule has 0 aliphatic rings. The maximum Gasteiger partial charge on any atom is 0.416 e. The van der Waals surface area contributed by atoms with Gasteiger partial charge in [0.15, 0.2) is 0 Å². The Labute approximate surface area is 118 Å². The molecule has 106 valence electrons. The zero-order valence-corrected chi connectivity index (χ0v) is 10.7. The molecule has 1 aromatic heterocycles. The fraction of sp³-hybridized carbons (Fsp3) is 0.0667. The van der Waals surface area contributed by atoms with Crippen LogP contribution in [-0.2, 0) is 6.18 Å². The van der Waals surface area contributed by atoms with Gasteiger partial charge in [-0.15, -0.1) is 0 Å². The van der Waals surface area contributed by atoms with Crippen molar-refractivity contribution in [3.05, 3.63) is 59.7 Å². The molecule has 0 aliphatic heterocycles. The summed E-state index contributed by atoms with van der Waals surface area (Å²) >= 11 is 0. The van der Waals surface area contributed by atoms with Crippen LogP contribution in [0.5, 0.6) is 0 Å². The van der Waals surface area contributed by atoms with Crippen molar-refractivity contribution in [1.29, 1.82) is 0 Å². The number of nitrogens with one attached hydrogen (secondary N) is 1. The highest BCUT2D eigenvalue weighted by atomic mass is 19.4. The molecule has 0 saturated heterocycles. The van der Waals surface area contributed by atoms with Crippen molar-refractivity contribution in [2.75, 3.05) is 0 Å². The Bertz CT molecular complexity index is 753. The van der Waals surface area contributed by atoms with Crippen LogP contribution in [0.25, 0.3) is 11.0 Å². The van der Waals surface area contributed by atoms with Crippen LogP contribution in [0.1, 0.15) is 11.1 Å². The Morgan fingerprint density at radius 3 is 2.38 bits per heavy atom. The second kappa shape index (κ2) is 5.05. The van der Waals surface area contributed by atoms with Crippen molar-refractivity contribution in [2.45, 2.75) is 6.18 Å². The highest BCUT2D eigenvalue weighted by Gasteiger charge is 2.29. The van der Waals surface area contributed by atoms with Crippen LogP contribution in [-0.4, -0.2) is 16.2 Å². The monoisotopic (exact) mass is 289 g/mol. The van der Waals surface area contributed by atoms with Crippen LogP contribution in [0.15, 0.2) is 53.5 Å². The predicted octanol–water partition coefficient (Wildman–Crippen LogP) is 4.33. The number of halogens is 3. The van der Waals surface area contributed by atoms with Gasteiger partial charge in [-0.1, -0.05) is 24.3 Å². The van der Waals surface area contributed by atoms with Crippen LogP contribution in [0, 0.1) is 0 Å². The number of benzene rings is 2. The van der Waals surface area contributed by atoms with Gasteiger partial charge in [0, 0.05) is 6.21 Å². The number of imidazole rings is 1. The van der Waals surface area contributed by atoms with Crippen LogP contribution in [0.3, 0.4) is 0 Å². The summed E-state index contributed by atoms with van der Waals surface area (Å²) in [5.74, 6) is 0.413. The molecule has 0 amide bonds. The Balaban J connectivity index is 1.82. The molecule has 0 saturated carbocycles. The summed E-state index contributed by atoms with van der Waals surface area (Å²) < 4.78 is 37.3. The highest BCUT2D eigenvalue weighted by molar-refractivity contribution is 5.83. The Morgan fingerprint density at radius 2 is 1.71 bits per heavy atom. The smallest absolute Gasteiger partial charge is 0.322 e. The molecule has 0 aliphatic carbocycles. The van der Waals surface area contributed by atoms with E-state index in [-0.39, 0.29) is 0 Å². The lowest BCUT2D eigenvalue weighted by Crippen LogP contribution is -2.04. The first-order valence-corrected chi connectivity index (χ1v) is 6.18. The molecule has 0 fully saturated rings. The summed E-state index contributed by atoms with van der Waals surface area (Å²) in [6.07, 6.45) is -2.85. The summed E-state index contributed by atoms with van der Waals surface area (Å²) in [4.78, 5) is 11.4. The van der Waals surface area contributed by atoms with Gasteiger partial charge < -0.3 is 4.98 Å². The summed E-state index contributed by atoms with van der Waals surface area (Å²) in [5, 5.41) is 0. The molecule has 3 aromatic rings. The van der Waals surface area contributed by atoms with E-state index < -0.39 is 11.7 Å². The number of hydrogen-bond donors (Lipinski definition) is 1. The van der Waals surface area contributed by atoms with E-state index >= 15 is 0 Å². The van der Waals surface area contributed by atoms with Crippen LogP contribution >= 0.6 is 0 Å². The van der Waals surface area contributed by atoms with E-state index in [2.05, 4.69) is 15.0 Å². The molecular weight excluding hydrogens is 279 g/mol. The van der Waals surface area contributed by atoms with Gasteiger partial charge in [0.2, 0.25) is 5.95 Å². The molecular formula is C15H10F3N3. The van der Waals surface area contributed by atoms with Gasteiger partial charge in [-0.3, -0.25) is 0 Å². The Kier molecular flexibility index (Phi) is 3.21. The maximum atomic E-state index is 12.4. The van der Waals surface area contributed by atoms with Crippen molar-refractivity contribution >= 4 is 23.2 Å². The molecule has 3 nitrogen and oxygen atoms in total. The first-order valence-electron chi connectivity index (χ1n) is 6.18. The number of hydrogen-bond acceptors (Lipinski definition) is 2. The lowest BCUT2D eigenvalue weighted by Gasteiger charge is -2.05. The summed E-state index contributed by atoms with van der Waals surface area (Å²) in [6.45, 7) is 0. The molecule has 3 rings (SSSR count). The minimum atomic E-state index is -4.32. The fourth-order valence-electron chi connectivity index (χ4n) is 1.89. The molecule has 1 heterocycles. The topological polar surface area (TPSA) is 41.0 Å². The quantitative estimate of drug-likeness (QED) is 0.701. The number of nitrogens with zero attached hydrogens (tertiary/aromatic N) is 2. The van der Waals surface area contributed by atoms with E-state index in [1.54, 1.807) is 0 Å². The van der Waals surface area contributed by atoms with E-state index in [4.69, 9.17) is 0 Å². The van der Waals surface area contributed by atoms with E-state index in [9.17, 15) is 13.2 Å². The number of aliphatic imine (C=N–C) groups is 1. The number of rotatable bonds is 2. The SMILES string of the molecule is FC(F)(F)c1ccc(/C=N/c2nc3ccccc3[nH]2)cc1. The largest absolute Gasteiger partial charge is 0.416 e. The number of H-pyrrole nitrogens is 1. The zero-order valence-electron chi connectivity index (χ0n) is 10.7. The Hall–Kier alpha value is -2.63. The normalized spacial score (nSPS) is 12.3. The van der Waals surface area contributed by atoms with Gasteiger partial charge >= 0.3 is 6.18 Å². The van der Waals surface area contributed by atoms with Crippen molar-refractivity contribution in [3.8, 4) is 0 Å². The standard InChI is InChI=1S/C15H10F3N3/c16-15(17,18)11-7-5-10(6-8-11)9-19-14-20-12-3-1-2-4-13(12)21-14/h1-9H,(H,20,21)/b19-9+. The minimum Gasteiger partial charge on any atom is -0.322 e.